The minimum absolute atomic E-state index is 0.00303. The largest absolute Gasteiger partial charge is 0.454 e. The lowest BCUT2D eigenvalue weighted by Gasteiger charge is -2.03. The van der Waals surface area contributed by atoms with Crippen molar-refractivity contribution in [2.75, 3.05) is 13.2 Å². The van der Waals surface area contributed by atoms with Gasteiger partial charge in [-0.3, -0.25) is 4.79 Å². The van der Waals surface area contributed by atoms with E-state index in [9.17, 15) is 9.59 Å². The highest BCUT2D eigenvalue weighted by Gasteiger charge is 1.99. The zero-order valence-electron chi connectivity index (χ0n) is 18.8. The number of rotatable bonds is 18. The first-order valence-corrected chi connectivity index (χ1v) is 11.5. The molecule has 0 aromatic rings. The molecule has 31 heavy (non-hydrogen) atoms. The fraction of sp³-hybridized carbons (Fsp3) is 0.462. The summed E-state index contributed by atoms with van der Waals surface area (Å²) in [5.74, 6) is -0.00303. The van der Waals surface area contributed by atoms with Crippen molar-refractivity contribution in [3.63, 3.8) is 0 Å². The standard InChI is InChI=1S/C26H38ClNO3/c1-2-3-4-5-6-7-8-9-10-11-12-13-14-15-16-17-18-19-20-22-25(29)28-23-21-24-31-26(27)30/h3-4,6-7,9-10,12-13,15-16,18-19H,2,5,8,11,14,17,20-24H2,1H3,(H,28,29)/b4-3-,7-6-,10-9-,13-12-,16-15-,19-18-. The molecule has 0 aromatic heterocycles. The molecule has 0 unspecified atom stereocenters. The third-order valence-electron chi connectivity index (χ3n) is 3.99. The van der Waals surface area contributed by atoms with Crippen LogP contribution < -0.4 is 5.32 Å². The van der Waals surface area contributed by atoms with Crippen molar-refractivity contribution in [3.8, 4) is 0 Å². The van der Waals surface area contributed by atoms with E-state index in [4.69, 9.17) is 11.6 Å². The topological polar surface area (TPSA) is 55.4 Å². The van der Waals surface area contributed by atoms with Crippen molar-refractivity contribution in [3.05, 3.63) is 72.9 Å². The van der Waals surface area contributed by atoms with Crippen molar-refractivity contribution < 1.29 is 14.3 Å². The second kappa shape index (κ2) is 23.9. The van der Waals surface area contributed by atoms with Gasteiger partial charge in [-0.1, -0.05) is 79.8 Å². The van der Waals surface area contributed by atoms with Gasteiger partial charge in [-0.15, -0.1) is 0 Å². The predicted octanol–water partition coefficient (Wildman–Crippen LogP) is 7.35. The van der Waals surface area contributed by atoms with E-state index in [0.717, 1.165) is 38.5 Å². The van der Waals surface area contributed by atoms with Crippen molar-refractivity contribution >= 4 is 22.9 Å². The van der Waals surface area contributed by atoms with E-state index in [0.29, 0.717) is 25.8 Å². The second-order valence-corrected chi connectivity index (χ2v) is 7.05. The van der Waals surface area contributed by atoms with Crippen LogP contribution in [0, 0.1) is 0 Å². The van der Waals surface area contributed by atoms with Crippen LogP contribution in [0.2, 0.25) is 0 Å². The van der Waals surface area contributed by atoms with Crippen LogP contribution in [0.15, 0.2) is 72.9 Å². The van der Waals surface area contributed by atoms with E-state index >= 15 is 0 Å². The maximum atomic E-state index is 11.6. The zero-order chi connectivity index (χ0) is 22.8. The molecule has 172 valence electrons. The van der Waals surface area contributed by atoms with E-state index < -0.39 is 5.43 Å². The number of amides is 1. The van der Waals surface area contributed by atoms with Gasteiger partial charge >= 0.3 is 5.43 Å². The van der Waals surface area contributed by atoms with Gasteiger partial charge in [-0.05, 0) is 51.4 Å². The van der Waals surface area contributed by atoms with Gasteiger partial charge in [-0.25, -0.2) is 4.79 Å². The highest BCUT2D eigenvalue weighted by atomic mass is 35.5. The van der Waals surface area contributed by atoms with Crippen molar-refractivity contribution in [1.82, 2.24) is 5.32 Å². The predicted molar refractivity (Wildman–Crippen MR) is 132 cm³/mol. The number of allylic oxidation sites excluding steroid dienone is 12. The van der Waals surface area contributed by atoms with Gasteiger partial charge in [0.05, 0.1) is 6.61 Å². The van der Waals surface area contributed by atoms with E-state index in [1.807, 2.05) is 6.08 Å². The minimum atomic E-state index is -0.816. The maximum Gasteiger partial charge on any atom is 0.403 e. The van der Waals surface area contributed by atoms with Gasteiger partial charge in [0.2, 0.25) is 5.91 Å². The highest BCUT2D eigenvalue weighted by Crippen LogP contribution is 1.98. The molecule has 0 heterocycles. The van der Waals surface area contributed by atoms with Gasteiger partial charge in [0.25, 0.3) is 0 Å². The molecule has 0 fully saturated rings. The van der Waals surface area contributed by atoms with Crippen molar-refractivity contribution in [1.29, 1.82) is 0 Å². The second-order valence-electron chi connectivity index (χ2n) is 6.74. The quantitative estimate of drug-likeness (QED) is 0.136. The molecule has 0 radical (unpaired) electrons. The highest BCUT2D eigenvalue weighted by molar-refractivity contribution is 6.61. The number of carbonyl (C=O) groups excluding carboxylic acids is 2. The Morgan fingerprint density at radius 1 is 0.742 bits per heavy atom. The average Bonchev–Trinajstić information content (AvgIpc) is 2.75. The smallest absolute Gasteiger partial charge is 0.403 e. The number of hydrogen-bond donors (Lipinski definition) is 1. The summed E-state index contributed by atoms with van der Waals surface area (Å²) in [4.78, 5) is 22.0. The summed E-state index contributed by atoms with van der Waals surface area (Å²) < 4.78 is 4.57. The SMILES string of the molecule is CC/C=C\C/C=C\C/C=C\C/C=C\C/C=C\C/C=C\CCC(=O)NCCCOC(=O)Cl. The van der Waals surface area contributed by atoms with Gasteiger partial charge in [0.15, 0.2) is 0 Å². The van der Waals surface area contributed by atoms with Gasteiger partial charge in [-0.2, -0.15) is 0 Å². The van der Waals surface area contributed by atoms with Crippen LogP contribution in [0.4, 0.5) is 4.79 Å². The molecule has 0 saturated carbocycles. The normalized spacial score (nSPS) is 12.5. The Labute approximate surface area is 193 Å². The molecule has 0 bridgehead atoms. The Morgan fingerprint density at radius 3 is 1.65 bits per heavy atom. The Kier molecular flexibility index (Phi) is 22.1. The number of halogens is 1. The summed E-state index contributed by atoms with van der Waals surface area (Å²) in [7, 11) is 0. The van der Waals surface area contributed by atoms with Gasteiger partial charge in [0.1, 0.15) is 0 Å². The van der Waals surface area contributed by atoms with Crippen LogP contribution in [0.25, 0.3) is 0 Å². The molecule has 0 aliphatic carbocycles. The van der Waals surface area contributed by atoms with Crippen LogP contribution in [0.5, 0.6) is 0 Å². The molecule has 0 aliphatic rings. The van der Waals surface area contributed by atoms with Crippen LogP contribution in [-0.2, 0) is 9.53 Å². The summed E-state index contributed by atoms with van der Waals surface area (Å²) in [5.41, 5.74) is -0.816. The Bertz CT molecular complexity index is 631. The fourth-order valence-electron chi connectivity index (χ4n) is 2.39. The first-order valence-electron chi connectivity index (χ1n) is 11.2. The Balaban J connectivity index is 3.55. The fourth-order valence-corrected chi connectivity index (χ4v) is 2.47. The summed E-state index contributed by atoms with van der Waals surface area (Å²) in [5, 5.41) is 2.78. The molecule has 5 heteroatoms. The number of carbonyl (C=O) groups is 2. The maximum absolute atomic E-state index is 11.6. The van der Waals surface area contributed by atoms with Crippen LogP contribution in [0.1, 0.15) is 64.7 Å². The monoisotopic (exact) mass is 447 g/mol. The van der Waals surface area contributed by atoms with Crippen molar-refractivity contribution in [2.45, 2.75) is 64.7 Å². The molecule has 0 rings (SSSR count). The molecule has 0 aromatic carbocycles. The molecule has 0 aliphatic heterocycles. The minimum Gasteiger partial charge on any atom is -0.454 e. The van der Waals surface area contributed by atoms with Crippen LogP contribution >= 0.6 is 11.6 Å². The first kappa shape index (κ1) is 28.7. The van der Waals surface area contributed by atoms with Gasteiger partial charge < -0.3 is 10.1 Å². The lowest BCUT2D eigenvalue weighted by Crippen LogP contribution is -2.24. The zero-order valence-corrected chi connectivity index (χ0v) is 19.6. The lowest BCUT2D eigenvalue weighted by atomic mass is 10.2. The molecular weight excluding hydrogens is 410 g/mol. The molecule has 1 amide bonds. The van der Waals surface area contributed by atoms with Crippen LogP contribution in [-0.4, -0.2) is 24.5 Å². The number of hydrogen-bond acceptors (Lipinski definition) is 3. The van der Waals surface area contributed by atoms with Crippen molar-refractivity contribution in [2.24, 2.45) is 0 Å². The molecule has 4 nitrogen and oxygen atoms in total. The van der Waals surface area contributed by atoms with Crippen LogP contribution in [0.3, 0.4) is 0 Å². The van der Waals surface area contributed by atoms with E-state index in [-0.39, 0.29) is 12.5 Å². The summed E-state index contributed by atoms with van der Waals surface area (Å²) in [6, 6.07) is 0. The molecule has 0 atom stereocenters. The summed E-state index contributed by atoms with van der Waals surface area (Å²) in [6.45, 7) is 2.84. The molecule has 0 spiro atoms. The number of nitrogens with one attached hydrogen (secondary N) is 1. The Morgan fingerprint density at radius 2 is 1.19 bits per heavy atom. The van der Waals surface area contributed by atoms with E-state index in [1.165, 1.54) is 0 Å². The first-order chi connectivity index (χ1) is 15.2. The lowest BCUT2D eigenvalue weighted by molar-refractivity contribution is -0.121. The summed E-state index contributed by atoms with van der Waals surface area (Å²) >= 11 is 5.04. The Hall–Kier alpha value is -2.33. The number of ether oxygens (including phenoxy) is 1. The third-order valence-corrected chi connectivity index (χ3v) is 4.10. The van der Waals surface area contributed by atoms with E-state index in [2.05, 4.69) is 83.8 Å². The third kappa shape index (κ3) is 25.6. The molecular formula is C26H38ClNO3. The summed E-state index contributed by atoms with van der Waals surface area (Å²) in [6.07, 6.45) is 33.5. The molecule has 0 saturated heterocycles. The average molecular weight is 448 g/mol. The van der Waals surface area contributed by atoms with E-state index in [1.54, 1.807) is 0 Å². The van der Waals surface area contributed by atoms with Gasteiger partial charge in [0, 0.05) is 24.6 Å². The molecule has 1 N–H and O–H groups in total.